The van der Waals surface area contributed by atoms with Crippen LogP contribution in [0.15, 0.2) is 32.3 Å². The van der Waals surface area contributed by atoms with Crippen LogP contribution < -0.4 is 16.6 Å². The van der Waals surface area contributed by atoms with E-state index in [0.717, 1.165) is 29.0 Å². The van der Waals surface area contributed by atoms with Gasteiger partial charge in [-0.3, -0.25) is 19.6 Å². The van der Waals surface area contributed by atoms with Crippen LogP contribution in [0, 0.1) is 6.92 Å². The molecule has 1 atom stereocenters. The Morgan fingerprint density at radius 1 is 1.17 bits per heavy atom. The molecule has 118 valence electrons. The van der Waals surface area contributed by atoms with Crippen molar-refractivity contribution >= 4 is 22.9 Å². The number of aryl methyl sites for hydroxylation is 1. The molecule has 6 nitrogen and oxygen atoms in total. The van der Waals surface area contributed by atoms with E-state index in [0.29, 0.717) is 23.4 Å². The molecule has 0 spiro atoms. The molecule has 3 N–H and O–H groups in total. The van der Waals surface area contributed by atoms with Gasteiger partial charge in [0.2, 0.25) is 0 Å². The molecule has 0 saturated heterocycles. The molecular weight excluding hydrogens is 314 g/mol. The Balaban J connectivity index is 2.05. The molecule has 0 amide bonds. The summed E-state index contributed by atoms with van der Waals surface area (Å²) in [5.41, 5.74) is 1.97. The average molecular weight is 329 g/mol. The van der Waals surface area contributed by atoms with Gasteiger partial charge in [0, 0.05) is 22.6 Å². The van der Waals surface area contributed by atoms with E-state index in [1.165, 1.54) is 11.3 Å². The first kappa shape index (κ1) is 14.2. The number of anilines is 1. The molecule has 0 radical (unpaired) electrons. The number of fused-ring (bicyclic) bond motifs is 1. The van der Waals surface area contributed by atoms with Crippen LogP contribution in [-0.2, 0) is 4.79 Å². The first-order valence-corrected chi connectivity index (χ1v) is 8.38. The van der Waals surface area contributed by atoms with Crippen molar-refractivity contribution in [2.75, 3.05) is 5.32 Å². The SMILES string of the molecule is Cc1ccsc1[C@@H]1C2=C(CCCC2=O)Nc2[nH]c(=O)[nH]c(=O)c21. The molecule has 4 rings (SSSR count). The molecule has 3 heterocycles. The molecule has 23 heavy (non-hydrogen) atoms. The second-order valence-electron chi connectivity index (χ2n) is 5.89. The standard InChI is InChI=1S/C16H15N3O3S/c1-7-5-6-23-13(7)11-10-8(3-2-4-9(10)20)17-14-12(11)15(21)19-16(22)18-14/h5-6,11H,2-4H2,1H3,(H3,17,18,19,21,22)/t11-/m1/s1. The van der Waals surface area contributed by atoms with Crippen molar-refractivity contribution in [3.05, 3.63) is 59.6 Å². The summed E-state index contributed by atoms with van der Waals surface area (Å²) in [5, 5.41) is 5.07. The Labute approximate surface area is 135 Å². The van der Waals surface area contributed by atoms with E-state index in [1.807, 2.05) is 18.4 Å². The number of ketones is 1. The number of aromatic nitrogens is 2. The number of nitrogens with one attached hydrogen (secondary N) is 3. The lowest BCUT2D eigenvalue weighted by Crippen LogP contribution is -2.35. The zero-order chi connectivity index (χ0) is 16.1. The lowest BCUT2D eigenvalue weighted by Gasteiger charge is -2.32. The summed E-state index contributed by atoms with van der Waals surface area (Å²) in [6, 6.07) is 1.98. The maximum absolute atomic E-state index is 12.6. The predicted molar refractivity (Wildman–Crippen MR) is 88.1 cm³/mol. The predicted octanol–water partition coefficient (Wildman–Crippen LogP) is 2.00. The summed E-state index contributed by atoms with van der Waals surface area (Å²) >= 11 is 1.53. The minimum atomic E-state index is -0.547. The number of carbonyl (C=O) groups excluding carboxylic acids is 1. The highest BCUT2D eigenvalue weighted by molar-refractivity contribution is 7.10. The average Bonchev–Trinajstić information content (AvgIpc) is 2.91. The number of hydrogen-bond donors (Lipinski definition) is 3. The van der Waals surface area contributed by atoms with Gasteiger partial charge in [-0.2, -0.15) is 0 Å². The molecule has 0 aromatic carbocycles. The topological polar surface area (TPSA) is 94.8 Å². The Hall–Kier alpha value is -2.41. The Kier molecular flexibility index (Phi) is 3.12. The smallest absolute Gasteiger partial charge is 0.327 e. The van der Waals surface area contributed by atoms with Gasteiger partial charge in [-0.15, -0.1) is 11.3 Å². The second-order valence-corrected chi connectivity index (χ2v) is 6.84. The molecule has 0 bridgehead atoms. The highest BCUT2D eigenvalue weighted by Gasteiger charge is 2.38. The highest BCUT2D eigenvalue weighted by atomic mass is 32.1. The maximum atomic E-state index is 12.6. The van der Waals surface area contributed by atoms with E-state index in [1.54, 1.807) is 0 Å². The largest absolute Gasteiger partial charge is 0.344 e. The number of Topliss-reactive ketones (excluding diaryl/α,β-unsaturated/α-hetero) is 1. The molecule has 1 aliphatic carbocycles. The van der Waals surface area contributed by atoms with Gasteiger partial charge in [0.1, 0.15) is 5.82 Å². The van der Waals surface area contributed by atoms with Crippen LogP contribution in [-0.4, -0.2) is 15.8 Å². The first-order chi connectivity index (χ1) is 11.1. The summed E-state index contributed by atoms with van der Waals surface area (Å²) in [5.74, 6) is 0.0763. The van der Waals surface area contributed by atoms with Crippen molar-refractivity contribution in [3.8, 4) is 0 Å². The van der Waals surface area contributed by atoms with E-state index in [-0.39, 0.29) is 5.78 Å². The monoisotopic (exact) mass is 329 g/mol. The summed E-state index contributed by atoms with van der Waals surface area (Å²) in [4.78, 5) is 42.5. The fourth-order valence-electron chi connectivity index (χ4n) is 3.44. The normalized spacial score (nSPS) is 20.0. The lowest BCUT2D eigenvalue weighted by atomic mass is 9.78. The molecular formula is C16H15N3O3S. The molecule has 1 aliphatic heterocycles. The van der Waals surface area contributed by atoms with Gasteiger partial charge in [0.15, 0.2) is 5.78 Å². The third-order valence-corrected chi connectivity index (χ3v) is 5.54. The quantitative estimate of drug-likeness (QED) is 0.746. The Morgan fingerprint density at radius 2 is 2.00 bits per heavy atom. The number of aromatic amines is 2. The number of rotatable bonds is 1. The third kappa shape index (κ3) is 2.11. The summed E-state index contributed by atoms with van der Waals surface area (Å²) in [7, 11) is 0. The minimum absolute atomic E-state index is 0.0767. The van der Waals surface area contributed by atoms with E-state index in [4.69, 9.17) is 0 Å². The van der Waals surface area contributed by atoms with Crippen molar-refractivity contribution in [1.29, 1.82) is 0 Å². The van der Waals surface area contributed by atoms with Gasteiger partial charge in [-0.05, 0) is 36.8 Å². The zero-order valence-corrected chi connectivity index (χ0v) is 13.3. The van der Waals surface area contributed by atoms with E-state index in [2.05, 4.69) is 15.3 Å². The first-order valence-electron chi connectivity index (χ1n) is 7.50. The van der Waals surface area contributed by atoms with Crippen LogP contribution >= 0.6 is 11.3 Å². The van der Waals surface area contributed by atoms with Gasteiger partial charge in [0.25, 0.3) is 5.56 Å². The van der Waals surface area contributed by atoms with Gasteiger partial charge in [0.05, 0.1) is 11.5 Å². The fraction of sp³-hybridized carbons (Fsp3) is 0.312. The zero-order valence-electron chi connectivity index (χ0n) is 12.5. The molecule has 7 heteroatoms. The van der Waals surface area contributed by atoms with Crippen LogP contribution in [0.1, 0.15) is 41.2 Å². The van der Waals surface area contributed by atoms with Crippen molar-refractivity contribution < 1.29 is 4.79 Å². The van der Waals surface area contributed by atoms with Crippen LogP contribution in [0.3, 0.4) is 0 Å². The van der Waals surface area contributed by atoms with Crippen molar-refractivity contribution in [3.63, 3.8) is 0 Å². The fourth-order valence-corrected chi connectivity index (χ4v) is 4.48. The highest BCUT2D eigenvalue weighted by Crippen LogP contribution is 2.45. The van der Waals surface area contributed by atoms with Gasteiger partial charge in [-0.25, -0.2) is 4.79 Å². The Bertz CT molecular complexity index is 963. The van der Waals surface area contributed by atoms with Crippen LogP contribution in [0.5, 0.6) is 0 Å². The number of carbonyl (C=O) groups is 1. The van der Waals surface area contributed by atoms with E-state index < -0.39 is 17.2 Å². The second kappa shape index (κ2) is 5.06. The molecule has 0 unspecified atom stereocenters. The third-order valence-electron chi connectivity index (χ3n) is 4.45. The molecule has 2 aliphatic rings. The van der Waals surface area contributed by atoms with Crippen LogP contribution in [0.2, 0.25) is 0 Å². The molecule has 2 aromatic rings. The van der Waals surface area contributed by atoms with Gasteiger partial charge in [-0.1, -0.05) is 0 Å². The number of allylic oxidation sites excluding steroid dienone is 2. The van der Waals surface area contributed by atoms with E-state index in [9.17, 15) is 14.4 Å². The summed E-state index contributed by atoms with van der Waals surface area (Å²) < 4.78 is 0. The van der Waals surface area contributed by atoms with Crippen molar-refractivity contribution in [1.82, 2.24) is 9.97 Å². The van der Waals surface area contributed by atoms with Crippen molar-refractivity contribution in [2.24, 2.45) is 0 Å². The number of H-pyrrole nitrogens is 2. The maximum Gasteiger partial charge on any atom is 0.327 e. The molecule has 0 saturated carbocycles. The van der Waals surface area contributed by atoms with Crippen LogP contribution in [0.25, 0.3) is 0 Å². The van der Waals surface area contributed by atoms with Gasteiger partial charge < -0.3 is 5.32 Å². The summed E-state index contributed by atoms with van der Waals surface area (Å²) in [6.45, 7) is 1.97. The summed E-state index contributed by atoms with van der Waals surface area (Å²) in [6.07, 6.45) is 2.03. The number of hydrogen-bond acceptors (Lipinski definition) is 5. The van der Waals surface area contributed by atoms with Crippen molar-refractivity contribution in [2.45, 2.75) is 32.1 Å². The minimum Gasteiger partial charge on any atom is -0.344 e. The van der Waals surface area contributed by atoms with Gasteiger partial charge >= 0.3 is 5.69 Å². The lowest BCUT2D eigenvalue weighted by molar-refractivity contribution is -0.116. The number of thiophene rings is 1. The van der Waals surface area contributed by atoms with E-state index >= 15 is 0 Å². The Morgan fingerprint density at radius 3 is 2.74 bits per heavy atom. The molecule has 0 fully saturated rings. The van der Waals surface area contributed by atoms with Crippen LogP contribution in [0.4, 0.5) is 5.82 Å². The molecule has 2 aromatic heterocycles.